The topological polar surface area (TPSA) is 54.6 Å². The highest BCUT2D eigenvalue weighted by Gasteiger charge is 2.24. The van der Waals surface area contributed by atoms with E-state index in [1.807, 2.05) is 0 Å². The van der Waals surface area contributed by atoms with Crippen LogP contribution in [0.2, 0.25) is 0 Å². The minimum atomic E-state index is -0.778. The zero-order valence-corrected chi connectivity index (χ0v) is 12.1. The lowest BCUT2D eigenvalue weighted by molar-refractivity contribution is -0.136. The third kappa shape index (κ3) is 2.06. The van der Waals surface area contributed by atoms with E-state index in [4.69, 9.17) is 5.11 Å². The molecule has 4 nitrogen and oxygen atoms in total. The summed E-state index contributed by atoms with van der Waals surface area (Å²) in [5, 5.41) is 9.15. The van der Waals surface area contributed by atoms with Gasteiger partial charge in [-0.15, -0.1) is 11.3 Å². The molecule has 0 bridgehead atoms. The number of carbonyl (C=O) groups is 1. The van der Waals surface area contributed by atoms with Crippen molar-refractivity contribution in [3.05, 3.63) is 22.0 Å². The molecule has 1 aliphatic carbocycles. The minimum Gasteiger partial charge on any atom is -0.481 e. The Morgan fingerprint density at radius 2 is 2.16 bits per heavy atom. The third-order valence-electron chi connectivity index (χ3n) is 3.71. The SMILES string of the molecule is CC(C)c1nc2sc3c(n2c1CC(=O)O)CCCC3. The van der Waals surface area contributed by atoms with E-state index in [2.05, 4.69) is 23.2 Å². The number of imidazole rings is 1. The van der Waals surface area contributed by atoms with E-state index in [0.29, 0.717) is 0 Å². The molecule has 3 rings (SSSR count). The van der Waals surface area contributed by atoms with Crippen LogP contribution in [0.5, 0.6) is 0 Å². The number of aliphatic carboxylic acids is 1. The third-order valence-corrected chi connectivity index (χ3v) is 4.85. The van der Waals surface area contributed by atoms with Crippen molar-refractivity contribution in [2.24, 2.45) is 0 Å². The first-order chi connectivity index (χ1) is 9.08. The molecule has 2 aromatic heterocycles. The zero-order chi connectivity index (χ0) is 13.6. The zero-order valence-electron chi connectivity index (χ0n) is 11.3. The molecular formula is C14H18N2O2S. The molecule has 0 aliphatic heterocycles. The molecule has 0 aromatic carbocycles. The van der Waals surface area contributed by atoms with E-state index in [-0.39, 0.29) is 12.3 Å². The van der Waals surface area contributed by atoms with Crippen LogP contribution in [0, 0.1) is 0 Å². The molecular weight excluding hydrogens is 260 g/mol. The fourth-order valence-corrected chi connectivity index (χ4v) is 4.12. The number of nitrogens with zero attached hydrogens (tertiary/aromatic N) is 2. The van der Waals surface area contributed by atoms with Crippen LogP contribution < -0.4 is 0 Å². The lowest BCUT2D eigenvalue weighted by Crippen LogP contribution is -2.10. The lowest BCUT2D eigenvalue weighted by atomic mass is 10.0. The first kappa shape index (κ1) is 12.7. The standard InChI is InChI=1S/C14H18N2O2S/c1-8(2)13-10(7-12(17)18)16-9-5-3-4-6-11(9)19-14(16)15-13/h8H,3-7H2,1-2H3,(H,17,18). The number of rotatable bonds is 3. The molecule has 102 valence electrons. The summed E-state index contributed by atoms with van der Waals surface area (Å²) in [6.07, 6.45) is 4.67. The summed E-state index contributed by atoms with van der Waals surface area (Å²) < 4.78 is 2.13. The van der Waals surface area contributed by atoms with Crippen molar-refractivity contribution in [1.29, 1.82) is 0 Å². The highest BCUT2D eigenvalue weighted by atomic mass is 32.1. The van der Waals surface area contributed by atoms with Crippen LogP contribution in [-0.2, 0) is 24.1 Å². The molecule has 0 saturated heterocycles. The van der Waals surface area contributed by atoms with Gasteiger partial charge in [0.25, 0.3) is 0 Å². The number of aromatic nitrogens is 2. The number of carboxylic acid groups (broad SMARTS) is 1. The highest BCUT2D eigenvalue weighted by Crippen LogP contribution is 2.33. The second-order valence-corrected chi connectivity index (χ2v) is 6.53. The first-order valence-electron chi connectivity index (χ1n) is 6.81. The Hall–Kier alpha value is -1.36. The van der Waals surface area contributed by atoms with E-state index in [0.717, 1.165) is 29.2 Å². The van der Waals surface area contributed by atoms with Gasteiger partial charge in [-0.1, -0.05) is 13.8 Å². The molecule has 0 radical (unpaired) electrons. The fraction of sp³-hybridized carbons (Fsp3) is 0.571. The Morgan fingerprint density at radius 3 is 2.84 bits per heavy atom. The molecule has 0 unspecified atom stereocenters. The predicted molar refractivity (Wildman–Crippen MR) is 75.1 cm³/mol. The Morgan fingerprint density at radius 1 is 1.42 bits per heavy atom. The summed E-state index contributed by atoms with van der Waals surface area (Å²) in [6.45, 7) is 4.15. The second kappa shape index (κ2) is 4.63. The molecule has 19 heavy (non-hydrogen) atoms. The van der Waals surface area contributed by atoms with Crippen LogP contribution in [0.3, 0.4) is 0 Å². The number of thiazole rings is 1. The van der Waals surface area contributed by atoms with Gasteiger partial charge in [-0.05, 0) is 31.6 Å². The van der Waals surface area contributed by atoms with Crippen molar-refractivity contribution in [3.63, 3.8) is 0 Å². The van der Waals surface area contributed by atoms with Crippen LogP contribution >= 0.6 is 11.3 Å². The van der Waals surface area contributed by atoms with Crippen molar-refractivity contribution in [2.75, 3.05) is 0 Å². The van der Waals surface area contributed by atoms with Gasteiger partial charge in [0.1, 0.15) is 0 Å². The average molecular weight is 278 g/mol. The predicted octanol–water partition coefficient (Wildman–Crippen LogP) is 3.03. The summed E-state index contributed by atoms with van der Waals surface area (Å²) in [4.78, 5) is 18.2. The Kier molecular flexibility index (Phi) is 3.09. The number of hydrogen-bond donors (Lipinski definition) is 1. The maximum atomic E-state index is 11.1. The molecule has 0 saturated carbocycles. The molecule has 0 spiro atoms. The number of hydrogen-bond acceptors (Lipinski definition) is 3. The lowest BCUT2D eigenvalue weighted by Gasteiger charge is -2.12. The molecule has 0 amide bonds. The van der Waals surface area contributed by atoms with Gasteiger partial charge in [-0.3, -0.25) is 9.20 Å². The summed E-state index contributed by atoms with van der Waals surface area (Å²) in [7, 11) is 0. The van der Waals surface area contributed by atoms with Crippen LogP contribution in [0.4, 0.5) is 0 Å². The van der Waals surface area contributed by atoms with Gasteiger partial charge in [0, 0.05) is 10.6 Å². The van der Waals surface area contributed by atoms with Crippen LogP contribution in [0.25, 0.3) is 4.96 Å². The van der Waals surface area contributed by atoms with Gasteiger partial charge in [0.15, 0.2) is 4.96 Å². The summed E-state index contributed by atoms with van der Waals surface area (Å²) in [6, 6.07) is 0. The molecule has 1 aliphatic rings. The van der Waals surface area contributed by atoms with Gasteiger partial charge in [-0.25, -0.2) is 4.98 Å². The summed E-state index contributed by atoms with van der Waals surface area (Å²) >= 11 is 1.74. The van der Waals surface area contributed by atoms with Crippen molar-refractivity contribution in [1.82, 2.24) is 9.38 Å². The number of fused-ring (bicyclic) bond motifs is 3. The van der Waals surface area contributed by atoms with Crippen molar-refractivity contribution < 1.29 is 9.90 Å². The van der Waals surface area contributed by atoms with Gasteiger partial charge in [-0.2, -0.15) is 0 Å². The first-order valence-corrected chi connectivity index (χ1v) is 7.63. The Labute approximate surface area is 116 Å². The minimum absolute atomic E-state index is 0.0673. The average Bonchev–Trinajstić information content (AvgIpc) is 2.85. The molecule has 5 heteroatoms. The smallest absolute Gasteiger partial charge is 0.309 e. The van der Waals surface area contributed by atoms with E-state index in [1.165, 1.54) is 23.4 Å². The maximum Gasteiger partial charge on any atom is 0.309 e. The number of aryl methyl sites for hydroxylation is 2. The Bertz CT molecular complexity index is 639. The normalized spacial score (nSPS) is 15.1. The van der Waals surface area contributed by atoms with Crippen LogP contribution in [0.15, 0.2) is 0 Å². The van der Waals surface area contributed by atoms with Crippen molar-refractivity contribution >= 4 is 22.3 Å². The highest BCUT2D eigenvalue weighted by molar-refractivity contribution is 7.17. The quantitative estimate of drug-likeness (QED) is 0.939. The van der Waals surface area contributed by atoms with E-state index in [9.17, 15) is 4.79 Å². The monoisotopic (exact) mass is 278 g/mol. The largest absolute Gasteiger partial charge is 0.481 e. The van der Waals surface area contributed by atoms with Gasteiger partial charge in [0.2, 0.25) is 0 Å². The molecule has 2 heterocycles. The molecule has 1 N–H and O–H groups in total. The van der Waals surface area contributed by atoms with Gasteiger partial charge >= 0.3 is 5.97 Å². The van der Waals surface area contributed by atoms with E-state index < -0.39 is 5.97 Å². The van der Waals surface area contributed by atoms with Crippen LogP contribution in [-0.4, -0.2) is 20.5 Å². The molecule has 0 fully saturated rings. The summed E-state index contributed by atoms with van der Waals surface area (Å²) in [5.74, 6) is -0.514. The number of carboxylic acids is 1. The van der Waals surface area contributed by atoms with Gasteiger partial charge < -0.3 is 5.11 Å². The van der Waals surface area contributed by atoms with Crippen LogP contribution in [0.1, 0.15) is 54.6 Å². The fourth-order valence-electron chi connectivity index (χ4n) is 2.89. The summed E-state index contributed by atoms with van der Waals surface area (Å²) in [5.41, 5.74) is 3.14. The van der Waals surface area contributed by atoms with Crippen molar-refractivity contribution in [2.45, 2.75) is 51.9 Å². The second-order valence-electron chi connectivity index (χ2n) is 5.47. The van der Waals surface area contributed by atoms with Gasteiger partial charge in [0.05, 0.1) is 17.8 Å². The van der Waals surface area contributed by atoms with Crippen molar-refractivity contribution in [3.8, 4) is 0 Å². The Balaban J connectivity index is 2.23. The molecule has 2 aromatic rings. The maximum absolute atomic E-state index is 11.1. The van der Waals surface area contributed by atoms with E-state index in [1.54, 1.807) is 11.3 Å². The van der Waals surface area contributed by atoms with E-state index >= 15 is 0 Å². The molecule has 0 atom stereocenters.